The maximum atomic E-state index is 12.6. The van der Waals surface area contributed by atoms with Gasteiger partial charge in [-0.15, -0.1) is 0 Å². The Morgan fingerprint density at radius 1 is 0.867 bits per heavy atom. The normalized spacial score (nSPS) is 21.7. The van der Waals surface area contributed by atoms with Crippen molar-refractivity contribution in [3.05, 3.63) is 34.9 Å². The molecule has 0 saturated heterocycles. The van der Waals surface area contributed by atoms with Crippen molar-refractivity contribution in [2.24, 2.45) is 11.8 Å². The van der Waals surface area contributed by atoms with Crippen LogP contribution in [0.5, 0.6) is 0 Å². The number of benzene rings is 1. The van der Waals surface area contributed by atoms with E-state index in [2.05, 4.69) is 22.3 Å². The van der Waals surface area contributed by atoms with Gasteiger partial charge in [-0.3, -0.25) is 9.69 Å². The molecule has 0 bridgehead atoms. The fraction of sp³-hybridized carbons (Fsp3) is 0.741. The predicted octanol–water partition coefficient (Wildman–Crippen LogP) is 6.11. The van der Waals surface area contributed by atoms with E-state index in [4.69, 9.17) is 0 Å². The molecule has 3 nitrogen and oxygen atoms in total. The first-order valence-electron chi connectivity index (χ1n) is 12.9. The van der Waals surface area contributed by atoms with Crippen molar-refractivity contribution in [1.82, 2.24) is 10.2 Å². The van der Waals surface area contributed by atoms with Crippen LogP contribution in [0.1, 0.15) is 105 Å². The van der Waals surface area contributed by atoms with E-state index in [1.807, 2.05) is 6.07 Å². The van der Waals surface area contributed by atoms with Gasteiger partial charge in [0.25, 0.3) is 5.91 Å². The van der Waals surface area contributed by atoms with Gasteiger partial charge in [0.15, 0.2) is 0 Å². The van der Waals surface area contributed by atoms with Crippen molar-refractivity contribution in [3.8, 4) is 0 Å². The van der Waals surface area contributed by atoms with Crippen LogP contribution < -0.4 is 5.32 Å². The maximum Gasteiger partial charge on any atom is 0.251 e. The zero-order valence-electron chi connectivity index (χ0n) is 19.0. The Labute approximate surface area is 184 Å². The molecule has 0 aromatic heterocycles. The lowest BCUT2D eigenvalue weighted by molar-refractivity contribution is 0.0950. The Bertz CT molecular complexity index is 671. The first kappa shape index (κ1) is 21.9. The van der Waals surface area contributed by atoms with Gasteiger partial charge in [-0.25, -0.2) is 0 Å². The third kappa shape index (κ3) is 6.33. The quantitative estimate of drug-likeness (QED) is 0.550. The largest absolute Gasteiger partial charge is 0.352 e. The summed E-state index contributed by atoms with van der Waals surface area (Å²) in [5.74, 6) is 1.89. The molecule has 1 aliphatic heterocycles. The molecule has 3 aliphatic rings. The highest BCUT2D eigenvalue weighted by atomic mass is 16.1. The molecule has 0 spiro atoms. The average molecular weight is 411 g/mol. The van der Waals surface area contributed by atoms with Crippen LogP contribution in [0.25, 0.3) is 0 Å². The van der Waals surface area contributed by atoms with E-state index in [1.54, 1.807) is 0 Å². The number of amides is 1. The Morgan fingerprint density at radius 3 is 2.27 bits per heavy atom. The minimum absolute atomic E-state index is 0.115. The van der Waals surface area contributed by atoms with Crippen molar-refractivity contribution in [2.75, 3.05) is 19.6 Å². The van der Waals surface area contributed by atoms with Crippen LogP contribution in [0, 0.1) is 11.8 Å². The number of hydrogen-bond acceptors (Lipinski definition) is 2. The number of carbonyl (C=O) groups excluding carboxylic acids is 1. The Balaban J connectivity index is 1.22. The van der Waals surface area contributed by atoms with Gasteiger partial charge in [0, 0.05) is 25.2 Å². The van der Waals surface area contributed by atoms with Crippen molar-refractivity contribution >= 4 is 5.91 Å². The van der Waals surface area contributed by atoms with E-state index in [0.717, 1.165) is 49.9 Å². The Kier molecular flexibility index (Phi) is 8.25. The average Bonchev–Trinajstić information content (AvgIpc) is 3.07. The number of rotatable bonds is 7. The van der Waals surface area contributed by atoms with Gasteiger partial charge in [-0.2, -0.15) is 0 Å². The smallest absolute Gasteiger partial charge is 0.251 e. The maximum absolute atomic E-state index is 12.6. The first-order chi connectivity index (χ1) is 14.8. The standard InChI is InChI=1S/C27H42N2O/c30-27(28-17-14-22-8-6-3-7-9-22)25-12-13-26-21-29(19-16-24(26)20-25)18-15-23-10-4-1-2-5-11-23/h12-13,20,22-23H,1-11,14-19,21H2,(H,28,30). The van der Waals surface area contributed by atoms with Crippen LogP contribution in [0.4, 0.5) is 0 Å². The third-order valence-electron chi connectivity index (χ3n) is 7.95. The minimum Gasteiger partial charge on any atom is -0.352 e. The SMILES string of the molecule is O=C(NCCC1CCCCC1)c1ccc2c(c1)CCN(CCC1CCCCCC1)C2. The van der Waals surface area contributed by atoms with E-state index in [-0.39, 0.29) is 5.91 Å². The number of carbonyl (C=O) groups is 1. The van der Waals surface area contributed by atoms with E-state index < -0.39 is 0 Å². The summed E-state index contributed by atoms with van der Waals surface area (Å²) >= 11 is 0. The molecular formula is C27H42N2O. The molecule has 0 radical (unpaired) electrons. The molecule has 1 aromatic carbocycles. The highest BCUT2D eigenvalue weighted by Gasteiger charge is 2.20. The van der Waals surface area contributed by atoms with Crippen molar-refractivity contribution in [3.63, 3.8) is 0 Å². The van der Waals surface area contributed by atoms with Crippen LogP contribution in [0.15, 0.2) is 18.2 Å². The Hall–Kier alpha value is -1.35. The molecule has 4 rings (SSSR count). The van der Waals surface area contributed by atoms with Gasteiger partial charge in [-0.05, 0) is 60.9 Å². The highest BCUT2D eigenvalue weighted by Crippen LogP contribution is 2.28. The van der Waals surface area contributed by atoms with E-state index in [1.165, 1.54) is 94.7 Å². The van der Waals surface area contributed by atoms with Crippen molar-refractivity contribution < 1.29 is 4.79 Å². The number of hydrogen-bond donors (Lipinski definition) is 1. The molecule has 2 fully saturated rings. The third-order valence-corrected chi connectivity index (χ3v) is 7.95. The molecule has 1 aromatic rings. The van der Waals surface area contributed by atoms with Gasteiger partial charge in [0.2, 0.25) is 0 Å². The Morgan fingerprint density at radius 2 is 1.53 bits per heavy atom. The van der Waals surface area contributed by atoms with Crippen molar-refractivity contribution in [2.45, 2.75) is 96.4 Å². The predicted molar refractivity (Wildman–Crippen MR) is 125 cm³/mol. The summed E-state index contributed by atoms with van der Waals surface area (Å²) in [6, 6.07) is 6.42. The molecule has 1 N–H and O–H groups in total. The summed E-state index contributed by atoms with van der Waals surface area (Å²) in [5.41, 5.74) is 3.67. The second-order valence-corrected chi connectivity index (χ2v) is 10.2. The van der Waals surface area contributed by atoms with Gasteiger partial charge >= 0.3 is 0 Å². The zero-order chi connectivity index (χ0) is 20.6. The van der Waals surface area contributed by atoms with Crippen LogP contribution in [0.2, 0.25) is 0 Å². The van der Waals surface area contributed by atoms with Crippen LogP contribution in [0.3, 0.4) is 0 Å². The summed E-state index contributed by atoms with van der Waals surface area (Å²) in [7, 11) is 0. The summed E-state index contributed by atoms with van der Waals surface area (Å²) in [4.78, 5) is 15.3. The van der Waals surface area contributed by atoms with E-state index in [9.17, 15) is 4.79 Å². The lowest BCUT2D eigenvalue weighted by Gasteiger charge is -2.30. The molecule has 1 heterocycles. The fourth-order valence-corrected chi connectivity index (χ4v) is 5.93. The second kappa shape index (κ2) is 11.3. The van der Waals surface area contributed by atoms with Gasteiger partial charge in [0.05, 0.1) is 0 Å². The first-order valence-corrected chi connectivity index (χ1v) is 12.9. The number of fused-ring (bicyclic) bond motifs is 1. The molecular weight excluding hydrogens is 368 g/mol. The lowest BCUT2D eigenvalue weighted by Crippen LogP contribution is -2.33. The minimum atomic E-state index is 0.115. The molecule has 0 atom stereocenters. The monoisotopic (exact) mass is 410 g/mol. The molecule has 0 unspecified atom stereocenters. The molecule has 1 amide bonds. The molecule has 2 aliphatic carbocycles. The number of nitrogens with one attached hydrogen (secondary N) is 1. The summed E-state index contributed by atoms with van der Waals surface area (Å²) in [6.07, 6.45) is 19.1. The second-order valence-electron chi connectivity index (χ2n) is 10.2. The van der Waals surface area contributed by atoms with E-state index in [0.29, 0.717) is 0 Å². The lowest BCUT2D eigenvalue weighted by atomic mass is 9.87. The molecule has 3 heteroatoms. The van der Waals surface area contributed by atoms with E-state index >= 15 is 0 Å². The van der Waals surface area contributed by atoms with Gasteiger partial charge < -0.3 is 5.32 Å². The van der Waals surface area contributed by atoms with Crippen LogP contribution in [-0.4, -0.2) is 30.4 Å². The van der Waals surface area contributed by atoms with Crippen LogP contribution in [-0.2, 0) is 13.0 Å². The topological polar surface area (TPSA) is 32.3 Å². The van der Waals surface area contributed by atoms with Crippen molar-refractivity contribution in [1.29, 1.82) is 0 Å². The summed E-state index contributed by atoms with van der Waals surface area (Å²) < 4.78 is 0. The zero-order valence-corrected chi connectivity index (χ0v) is 19.0. The summed E-state index contributed by atoms with van der Waals surface area (Å²) in [6.45, 7) is 4.28. The summed E-state index contributed by atoms with van der Waals surface area (Å²) in [5, 5.41) is 3.17. The molecule has 166 valence electrons. The van der Waals surface area contributed by atoms with Gasteiger partial charge in [0.1, 0.15) is 0 Å². The fourth-order valence-electron chi connectivity index (χ4n) is 5.93. The van der Waals surface area contributed by atoms with Crippen LogP contribution >= 0.6 is 0 Å². The number of nitrogens with zero attached hydrogens (tertiary/aromatic N) is 1. The molecule has 30 heavy (non-hydrogen) atoms. The molecule has 2 saturated carbocycles. The highest BCUT2D eigenvalue weighted by molar-refractivity contribution is 5.94. The van der Waals surface area contributed by atoms with Gasteiger partial charge in [-0.1, -0.05) is 76.7 Å².